The number of alkyl carbamates (subject to hydrolysis) is 1. The quantitative estimate of drug-likeness (QED) is 0.813. The number of ether oxygens (including phenoxy) is 1. The molecule has 0 spiro atoms. The second-order valence-electron chi connectivity index (χ2n) is 4.07. The highest BCUT2D eigenvalue weighted by atomic mass is 16.5. The molecule has 96 valence electrons. The number of Topliss-reactive ketones (excluding diaryl/α,β-unsaturated/α-hetero) is 1. The molecule has 1 unspecified atom stereocenters. The first-order valence-corrected chi connectivity index (χ1v) is 5.67. The predicted octanol–water partition coefficient (Wildman–Crippen LogP) is 2.45. The second-order valence-corrected chi connectivity index (χ2v) is 4.07. The van der Waals surface area contributed by atoms with E-state index in [1.807, 2.05) is 30.3 Å². The van der Waals surface area contributed by atoms with Crippen LogP contribution in [-0.2, 0) is 16.1 Å². The number of hydrogen-bond donors (Lipinski definition) is 1. The summed E-state index contributed by atoms with van der Waals surface area (Å²) in [6.45, 7) is 6.92. The molecule has 0 aliphatic carbocycles. The van der Waals surface area contributed by atoms with Crippen LogP contribution in [0.2, 0.25) is 0 Å². The minimum absolute atomic E-state index is 0.181. The lowest BCUT2D eigenvalue weighted by Gasteiger charge is -2.12. The molecule has 0 aromatic heterocycles. The van der Waals surface area contributed by atoms with Gasteiger partial charge in [-0.25, -0.2) is 4.79 Å². The summed E-state index contributed by atoms with van der Waals surface area (Å²) in [5.41, 5.74) is 1.30. The van der Waals surface area contributed by atoms with Crippen molar-refractivity contribution < 1.29 is 14.3 Å². The van der Waals surface area contributed by atoms with Crippen molar-refractivity contribution in [3.8, 4) is 0 Å². The van der Waals surface area contributed by atoms with Crippen LogP contribution in [0, 0.1) is 0 Å². The van der Waals surface area contributed by atoms with Gasteiger partial charge < -0.3 is 10.1 Å². The molecule has 0 aliphatic heterocycles. The Hall–Kier alpha value is -2.10. The number of rotatable bonds is 5. The molecule has 1 aromatic carbocycles. The second kappa shape index (κ2) is 6.59. The number of amides is 1. The normalized spacial score (nSPS) is 11.4. The molecule has 1 rings (SSSR count). The van der Waals surface area contributed by atoms with Crippen molar-refractivity contribution in [1.82, 2.24) is 5.32 Å². The van der Waals surface area contributed by atoms with E-state index in [1.54, 1.807) is 13.8 Å². The summed E-state index contributed by atoms with van der Waals surface area (Å²) in [7, 11) is 0. The Labute approximate surface area is 107 Å². The topological polar surface area (TPSA) is 55.4 Å². The minimum Gasteiger partial charge on any atom is -0.445 e. The largest absolute Gasteiger partial charge is 0.445 e. The Morgan fingerprint density at radius 1 is 1.33 bits per heavy atom. The summed E-state index contributed by atoms with van der Waals surface area (Å²) in [5.74, 6) is -0.202. The third kappa shape index (κ3) is 4.41. The van der Waals surface area contributed by atoms with E-state index in [9.17, 15) is 9.59 Å². The first-order chi connectivity index (χ1) is 8.50. The van der Waals surface area contributed by atoms with E-state index in [-0.39, 0.29) is 12.4 Å². The highest BCUT2D eigenvalue weighted by Crippen LogP contribution is 2.01. The van der Waals surface area contributed by atoms with Crippen LogP contribution in [-0.4, -0.2) is 17.9 Å². The molecule has 0 radical (unpaired) electrons. The summed E-state index contributed by atoms with van der Waals surface area (Å²) < 4.78 is 5.00. The number of carbonyl (C=O) groups is 2. The zero-order valence-corrected chi connectivity index (χ0v) is 10.6. The van der Waals surface area contributed by atoms with Crippen LogP contribution in [0.3, 0.4) is 0 Å². The molecule has 1 amide bonds. The fourth-order valence-electron chi connectivity index (χ4n) is 1.38. The van der Waals surface area contributed by atoms with Crippen molar-refractivity contribution in [2.75, 3.05) is 0 Å². The number of ketones is 1. The van der Waals surface area contributed by atoms with Gasteiger partial charge in [0.15, 0.2) is 5.78 Å². The molecule has 1 aromatic rings. The molecule has 18 heavy (non-hydrogen) atoms. The first-order valence-electron chi connectivity index (χ1n) is 5.67. The molecular weight excluding hydrogens is 230 g/mol. The van der Waals surface area contributed by atoms with Gasteiger partial charge in [0.05, 0.1) is 6.04 Å². The molecule has 0 heterocycles. The van der Waals surface area contributed by atoms with Crippen LogP contribution in [0.25, 0.3) is 0 Å². The Morgan fingerprint density at radius 2 is 1.94 bits per heavy atom. The third-order valence-corrected chi connectivity index (χ3v) is 2.36. The summed E-state index contributed by atoms with van der Waals surface area (Å²) in [6, 6.07) is 8.71. The van der Waals surface area contributed by atoms with Crippen LogP contribution < -0.4 is 5.32 Å². The Morgan fingerprint density at radius 3 is 2.50 bits per heavy atom. The van der Waals surface area contributed by atoms with Crippen molar-refractivity contribution in [2.45, 2.75) is 26.5 Å². The lowest BCUT2D eigenvalue weighted by Crippen LogP contribution is -2.39. The van der Waals surface area contributed by atoms with E-state index in [4.69, 9.17) is 4.74 Å². The van der Waals surface area contributed by atoms with Crippen LogP contribution in [0.5, 0.6) is 0 Å². The summed E-state index contributed by atoms with van der Waals surface area (Å²) in [4.78, 5) is 22.9. The zero-order chi connectivity index (χ0) is 13.5. The molecule has 0 saturated heterocycles. The van der Waals surface area contributed by atoms with Gasteiger partial charge in [0, 0.05) is 0 Å². The van der Waals surface area contributed by atoms with Gasteiger partial charge in [-0.2, -0.15) is 0 Å². The van der Waals surface area contributed by atoms with Gasteiger partial charge in [-0.3, -0.25) is 4.79 Å². The molecule has 4 nitrogen and oxygen atoms in total. The Bertz CT molecular complexity index is 440. The van der Waals surface area contributed by atoms with Gasteiger partial charge in [0.25, 0.3) is 0 Å². The molecule has 0 bridgehead atoms. The van der Waals surface area contributed by atoms with Crippen molar-refractivity contribution in [3.05, 3.63) is 48.0 Å². The standard InChI is InChI=1S/C14H17NO3/c1-10(2)13(16)11(3)15-14(17)18-9-12-7-5-4-6-8-12/h4-8,11H,1,9H2,2-3H3,(H,15,17). The minimum atomic E-state index is -0.620. The number of carbonyl (C=O) groups excluding carboxylic acids is 2. The maximum absolute atomic E-state index is 11.5. The Kier molecular flexibility index (Phi) is 5.11. The van der Waals surface area contributed by atoms with Gasteiger partial charge in [-0.1, -0.05) is 36.9 Å². The third-order valence-electron chi connectivity index (χ3n) is 2.36. The van der Waals surface area contributed by atoms with Gasteiger partial charge in [-0.05, 0) is 25.0 Å². The van der Waals surface area contributed by atoms with Crippen LogP contribution >= 0.6 is 0 Å². The predicted molar refractivity (Wildman–Crippen MR) is 69.0 cm³/mol. The van der Waals surface area contributed by atoms with E-state index >= 15 is 0 Å². The first kappa shape index (κ1) is 14.0. The molecule has 1 atom stereocenters. The van der Waals surface area contributed by atoms with Crippen LogP contribution in [0.4, 0.5) is 4.79 Å². The molecular formula is C14H17NO3. The average molecular weight is 247 g/mol. The zero-order valence-electron chi connectivity index (χ0n) is 10.6. The maximum atomic E-state index is 11.5. The Balaban J connectivity index is 2.38. The van der Waals surface area contributed by atoms with E-state index in [2.05, 4.69) is 11.9 Å². The van der Waals surface area contributed by atoms with Crippen molar-refractivity contribution >= 4 is 11.9 Å². The van der Waals surface area contributed by atoms with Crippen LogP contribution in [0.1, 0.15) is 19.4 Å². The highest BCUT2D eigenvalue weighted by molar-refractivity contribution is 5.99. The maximum Gasteiger partial charge on any atom is 0.408 e. The lowest BCUT2D eigenvalue weighted by molar-refractivity contribution is -0.117. The van der Waals surface area contributed by atoms with E-state index < -0.39 is 12.1 Å². The number of benzene rings is 1. The van der Waals surface area contributed by atoms with Gasteiger partial charge in [0.1, 0.15) is 6.61 Å². The number of hydrogen-bond acceptors (Lipinski definition) is 3. The SMILES string of the molecule is C=C(C)C(=O)C(C)NC(=O)OCc1ccccc1. The van der Waals surface area contributed by atoms with Gasteiger partial charge in [-0.15, -0.1) is 0 Å². The molecule has 0 aliphatic rings. The van der Waals surface area contributed by atoms with E-state index in [1.165, 1.54) is 0 Å². The lowest BCUT2D eigenvalue weighted by atomic mass is 10.1. The monoisotopic (exact) mass is 247 g/mol. The van der Waals surface area contributed by atoms with Crippen LogP contribution in [0.15, 0.2) is 42.5 Å². The summed E-state index contributed by atoms with van der Waals surface area (Å²) in [6.07, 6.45) is -0.610. The summed E-state index contributed by atoms with van der Waals surface area (Å²) in [5, 5.41) is 2.46. The van der Waals surface area contributed by atoms with E-state index in [0.717, 1.165) is 5.56 Å². The highest BCUT2D eigenvalue weighted by Gasteiger charge is 2.16. The van der Waals surface area contributed by atoms with Gasteiger partial charge in [0.2, 0.25) is 0 Å². The molecule has 0 saturated carbocycles. The average Bonchev–Trinajstić information content (AvgIpc) is 2.36. The van der Waals surface area contributed by atoms with Crippen molar-refractivity contribution in [2.24, 2.45) is 0 Å². The van der Waals surface area contributed by atoms with Gasteiger partial charge >= 0.3 is 6.09 Å². The van der Waals surface area contributed by atoms with E-state index in [0.29, 0.717) is 5.57 Å². The molecule has 0 fully saturated rings. The molecule has 1 N–H and O–H groups in total. The fourth-order valence-corrected chi connectivity index (χ4v) is 1.38. The smallest absolute Gasteiger partial charge is 0.408 e. The van der Waals surface area contributed by atoms with Crippen molar-refractivity contribution in [1.29, 1.82) is 0 Å². The molecule has 4 heteroatoms. The summed E-state index contributed by atoms with van der Waals surface area (Å²) >= 11 is 0. The number of nitrogens with one attached hydrogen (secondary N) is 1. The van der Waals surface area contributed by atoms with Crippen molar-refractivity contribution in [3.63, 3.8) is 0 Å². The fraction of sp³-hybridized carbons (Fsp3) is 0.286.